The number of nitrogens with one attached hydrogen (secondary N) is 3. The van der Waals surface area contributed by atoms with Gasteiger partial charge in [0.25, 0.3) is 5.91 Å². The Labute approximate surface area is 279 Å². The van der Waals surface area contributed by atoms with E-state index < -0.39 is 29.2 Å². The van der Waals surface area contributed by atoms with E-state index in [2.05, 4.69) is 44.7 Å². The second-order valence-corrected chi connectivity index (χ2v) is 12.7. The number of carbonyl (C=O) groups excluding carboxylic acids is 2. The number of fused-ring (bicyclic) bond motifs is 1. The summed E-state index contributed by atoms with van der Waals surface area (Å²) in [6, 6.07) is 6.03. The fourth-order valence-electron chi connectivity index (χ4n) is 5.33. The Kier molecular flexibility index (Phi) is 11.1. The number of aryl methyl sites for hydroxylation is 1. The maximum Gasteiger partial charge on any atom is 0.434 e. The Hall–Kier alpha value is -4.34. The highest BCUT2D eigenvalue weighted by atomic mass is 32.1. The van der Waals surface area contributed by atoms with Gasteiger partial charge in [0, 0.05) is 73.6 Å². The average molecular weight is 686 g/mol. The number of amides is 3. The number of nitrogens with zero attached hydrogens (tertiary/aromatic N) is 4. The first-order valence-electron chi connectivity index (χ1n) is 15.8. The summed E-state index contributed by atoms with van der Waals surface area (Å²) < 4.78 is 47.8. The van der Waals surface area contributed by atoms with E-state index in [0.717, 1.165) is 36.2 Å². The van der Waals surface area contributed by atoms with E-state index in [0.29, 0.717) is 72.9 Å². The zero-order chi connectivity index (χ0) is 34.4. The summed E-state index contributed by atoms with van der Waals surface area (Å²) in [7, 11) is 0. The minimum atomic E-state index is -4.63. The molecule has 0 aliphatic carbocycles. The van der Waals surface area contributed by atoms with Crippen molar-refractivity contribution in [3.8, 4) is 21.7 Å². The summed E-state index contributed by atoms with van der Waals surface area (Å²) in [5.41, 5.74) is 0.494. The molecule has 1 fully saturated rings. The summed E-state index contributed by atoms with van der Waals surface area (Å²) in [5.74, 6) is 0.00719. The van der Waals surface area contributed by atoms with Crippen LogP contribution in [0, 0.1) is 5.92 Å². The number of morpholine rings is 1. The van der Waals surface area contributed by atoms with Gasteiger partial charge in [-0.3, -0.25) is 19.8 Å². The molecular formula is C33H38F3N7O4S. The Morgan fingerprint density at radius 2 is 1.85 bits per heavy atom. The van der Waals surface area contributed by atoms with Crippen molar-refractivity contribution < 1.29 is 27.5 Å². The highest BCUT2D eigenvalue weighted by Gasteiger charge is 2.34. The fraction of sp³-hybridized carbons (Fsp3) is 0.424. The molecule has 3 N–H and O–H groups in total. The van der Waals surface area contributed by atoms with Crippen molar-refractivity contribution in [3.05, 3.63) is 63.5 Å². The van der Waals surface area contributed by atoms with Crippen LogP contribution in [0.25, 0.3) is 32.6 Å². The molecule has 15 heteroatoms. The molecule has 1 saturated heterocycles. The highest BCUT2D eigenvalue weighted by molar-refractivity contribution is 7.13. The lowest BCUT2D eigenvalue weighted by Gasteiger charge is -2.26. The lowest BCUT2D eigenvalue weighted by molar-refractivity contribution is -0.140. The van der Waals surface area contributed by atoms with Crippen LogP contribution in [0.3, 0.4) is 0 Å². The van der Waals surface area contributed by atoms with Gasteiger partial charge in [-0.1, -0.05) is 19.9 Å². The summed E-state index contributed by atoms with van der Waals surface area (Å²) in [5, 5.41) is 9.43. The minimum Gasteiger partial charge on any atom is -0.379 e. The molecule has 1 aromatic carbocycles. The number of ether oxygens (including phenoxy) is 1. The number of rotatable bonds is 11. The third kappa shape index (κ3) is 8.38. The van der Waals surface area contributed by atoms with Crippen molar-refractivity contribution in [1.82, 2.24) is 30.1 Å². The molecule has 0 radical (unpaired) electrons. The number of urea groups is 1. The first kappa shape index (κ1) is 35.0. The Bertz CT molecular complexity index is 1830. The number of benzene rings is 1. The molecule has 256 valence electrons. The monoisotopic (exact) mass is 685 g/mol. The molecule has 4 aromatic rings. The van der Waals surface area contributed by atoms with Crippen molar-refractivity contribution >= 4 is 40.0 Å². The van der Waals surface area contributed by atoms with Crippen LogP contribution in [0.15, 0.2) is 46.8 Å². The molecule has 3 aromatic heterocycles. The van der Waals surface area contributed by atoms with Crippen LogP contribution in [0.2, 0.25) is 0 Å². The molecule has 11 nitrogen and oxygen atoms in total. The van der Waals surface area contributed by atoms with Gasteiger partial charge in [-0.2, -0.15) is 13.2 Å². The van der Waals surface area contributed by atoms with E-state index in [-0.39, 0.29) is 16.4 Å². The zero-order valence-corrected chi connectivity index (χ0v) is 27.8. The van der Waals surface area contributed by atoms with Crippen LogP contribution >= 0.6 is 11.3 Å². The lowest BCUT2D eigenvalue weighted by Crippen LogP contribution is -2.42. The minimum absolute atomic E-state index is 0.0339. The number of thiazole rings is 1. The van der Waals surface area contributed by atoms with Crippen LogP contribution in [-0.2, 0) is 17.5 Å². The molecule has 1 aliphatic rings. The number of halogens is 3. The summed E-state index contributed by atoms with van der Waals surface area (Å²) in [6.45, 7) is 10.7. The van der Waals surface area contributed by atoms with E-state index >= 15 is 0 Å². The third-order valence-electron chi connectivity index (χ3n) is 7.91. The third-order valence-corrected chi connectivity index (χ3v) is 8.79. The summed E-state index contributed by atoms with van der Waals surface area (Å²) >= 11 is 0.821. The number of carbonyl (C=O) groups is 2. The first-order chi connectivity index (χ1) is 22.9. The van der Waals surface area contributed by atoms with Gasteiger partial charge in [-0.05, 0) is 43.0 Å². The first-order valence-corrected chi connectivity index (χ1v) is 16.7. The molecule has 0 saturated carbocycles. The zero-order valence-electron chi connectivity index (χ0n) is 26.9. The topological polar surface area (TPSA) is 130 Å². The molecule has 0 spiro atoms. The lowest BCUT2D eigenvalue weighted by atomic mass is 9.99. The number of hydrogen-bond donors (Lipinski definition) is 3. The van der Waals surface area contributed by atoms with Crippen molar-refractivity contribution in [1.29, 1.82) is 0 Å². The standard InChI is InChI=1S/C33H38F3N7O4S/c1-4-37-32(46)41-28-16-23(31-40-27(19-48-31)33(34,35)36)24(17-39-28)21-5-6-22-26(15-21)43(9-7-20(2)3)18-25(29(22)44)30(45)38-8-10-42-11-13-47-14-12-42/h5-6,15-20H,4,7-14H2,1-3H3,(H,38,45)(H2,37,39,41,46). The van der Waals surface area contributed by atoms with E-state index in [4.69, 9.17) is 4.74 Å². The van der Waals surface area contributed by atoms with Crippen LogP contribution in [0.1, 0.15) is 43.2 Å². The number of hydrogen-bond acceptors (Lipinski definition) is 8. The Morgan fingerprint density at radius 1 is 1.08 bits per heavy atom. The largest absolute Gasteiger partial charge is 0.434 e. The molecule has 5 rings (SSSR count). The number of aromatic nitrogens is 3. The van der Waals surface area contributed by atoms with Crippen LogP contribution in [0.5, 0.6) is 0 Å². The number of alkyl halides is 3. The van der Waals surface area contributed by atoms with E-state index in [1.54, 1.807) is 31.3 Å². The SMILES string of the molecule is CCNC(=O)Nc1cc(-c2nc(C(F)(F)F)cs2)c(-c2ccc3c(=O)c(C(=O)NCCN4CCOCC4)cn(CCC(C)C)c3c2)cn1. The summed E-state index contributed by atoms with van der Waals surface area (Å²) in [6.07, 6.45) is -0.825. The summed E-state index contributed by atoms with van der Waals surface area (Å²) in [4.78, 5) is 49.5. The van der Waals surface area contributed by atoms with E-state index in [1.165, 1.54) is 12.3 Å². The molecule has 1 aliphatic heterocycles. The fourth-order valence-corrected chi connectivity index (χ4v) is 6.19. The van der Waals surface area contributed by atoms with E-state index in [9.17, 15) is 27.6 Å². The molecule has 48 heavy (non-hydrogen) atoms. The normalized spacial score (nSPS) is 14.0. The van der Waals surface area contributed by atoms with Gasteiger partial charge in [-0.15, -0.1) is 11.3 Å². The molecular weight excluding hydrogens is 647 g/mol. The predicted octanol–water partition coefficient (Wildman–Crippen LogP) is 5.46. The van der Waals surface area contributed by atoms with E-state index in [1.807, 2.05) is 4.57 Å². The quantitative estimate of drug-likeness (QED) is 0.191. The molecule has 0 bridgehead atoms. The Balaban J connectivity index is 1.55. The Morgan fingerprint density at radius 3 is 2.54 bits per heavy atom. The van der Waals surface area contributed by atoms with Crippen molar-refractivity contribution in [3.63, 3.8) is 0 Å². The molecule has 3 amide bonds. The van der Waals surface area contributed by atoms with Crippen molar-refractivity contribution in [2.24, 2.45) is 5.92 Å². The van der Waals surface area contributed by atoms with Crippen LogP contribution in [-0.4, -0.2) is 77.3 Å². The van der Waals surface area contributed by atoms with Gasteiger partial charge in [0.15, 0.2) is 5.69 Å². The van der Waals surface area contributed by atoms with Gasteiger partial charge < -0.3 is 19.9 Å². The van der Waals surface area contributed by atoms with Gasteiger partial charge in [-0.25, -0.2) is 14.8 Å². The average Bonchev–Trinajstić information content (AvgIpc) is 3.56. The van der Waals surface area contributed by atoms with Crippen molar-refractivity contribution in [2.45, 2.75) is 39.9 Å². The molecule has 0 atom stereocenters. The van der Waals surface area contributed by atoms with Crippen LogP contribution < -0.4 is 21.4 Å². The molecule has 4 heterocycles. The molecule has 0 unspecified atom stereocenters. The predicted molar refractivity (Wildman–Crippen MR) is 179 cm³/mol. The van der Waals surface area contributed by atoms with Gasteiger partial charge in [0.2, 0.25) is 5.43 Å². The van der Waals surface area contributed by atoms with Gasteiger partial charge in [0.05, 0.1) is 18.7 Å². The number of pyridine rings is 2. The van der Waals surface area contributed by atoms with Crippen LogP contribution in [0.4, 0.5) is 23.8 Å². The van der Waals surface area contributed by atoms with Gasteiger partial charge in [0.1, 0.15) is 16.4 Å². The highest BCUT2D eigenvalue weighted by Crippen LogP contribution is 2.39. The maximum absolute atomic E-state index is 13.7. The van der Waals surface area contributed by atoms with Crippen molar-refractivity contribution in [2.75, 3.05) is 51.3 Å². The second kappa shape index (κ2) is 15.3. The smallest absolute Gasteiger partial charge is 0.379 e. The van der Waals surface area contributed by atoms with Gasteiger partial charge >= 0.3 is 12.2 Å². The number of anilines is 1. The maximum atomic E-state index is 13.7. The second-order valence-electron chi connectivity index (χ2n) is 11.8.